The van der Waals surface area contributed by atoms with Crippen LogP contribution in [0.15, 0.2) is 18.2 Å². The first-order valence-electron chi connectivity index (χ1n) is 10.3. The van der Waals surface area contributed by atoms with Crippen molar-refractivity contribution in [1.29, 1.82) is 0 Å². The molecular weight excluding hydrogens is 358 g/mol. The number of carbonyl (C=O) groups is 2. The molecule has 1 saturated heterocycles. The molecule has 1 aliphatic carbocycles. The van der Waals surface area contributed by atoms with Gasteiger partial charge in [0.1, 0.15) is 18.1 Å². The van der Waals surface area contributed by atoms with Gasteiger partial charge in [-0.25, -0.2) is 0 Å². The summed E-state index contributed by atoms with van der Waals surface area (Å²) >= 11 is 0. The summed E-state index contributed by atoms with van der Waals surface area (Å²) in [7, 11) is 0. The van der Waals surface area contributed by atoms with Crippen LogP contribution in [0.4, 0.5) is 0 Å². The Morgan fingerprint density at radius 1 is 1.21 bits per heavy atom. The maximum Gasteiger partial charge on any atom is 0.244 e. The molecule has 1 saturated carbocycles. The van der Waals surface area contributed by atoms with Gasteiger partial charge in [0, 0.05) is 24.6 Å². The second kappa shape index (κ2) is 7.81. The SMILES string of the molecule is CCN(CC)[C@H]1CC[C@H]1Oc1ccc2c(c1)CN(C1CCC(=O)NC1=O)C2O. The zero-order valence-corrected chi connectivity index (χ0v) is 16.6. The topological polar surface area (TPSA) is 82.1 Å². The molecule has 152 valence electrons. The zero-order chi connectivity index (χ0) is 19.8. The van der Waals surface area contributed by atoms with Crippen LogP contribution in [0.5, 0.6) is 5.75 Å². The van der Waals surface area contributed by atoms with Gasteiger partial charge in [-0.3, -0.25) is 24.7 Å². The first kappa shape index (κ1) is 19.4. The molecule has 2 heterocycles. The molecule has 28 heavy (non-hydrogen) atoms. The number of piperidine rings is 1. The smallest absolute Gasteiger partial charge is 0.244 e. The molecule has 7 heteroatoms. The Balaban J connectivity index is 1.45. The van der Waals surface area contributed by atoms with Crippen molar-refractivity contribution in [1.82, 2.24) is 15.1 Å². The fraction of sp³-hybridized carbons (Fsp3) is 0.619. The van der Waals surface area contributed by atoms with E-state index in [1.807, 2.05) is 18.2 Å². The highest BCUT2D eigenvalue weighted by atomic mass is 16.5. The molecule has 1 aromatic rings. The number of benzene rings is 1. The first-order valence-corrected chi connectivity index (χ1v) is 10.3. The molecule has 1 aromatic carbocycles. The van der Waals surface area contributed by atoms with Crippen LogP contribution in [0.25, 0.3) is 0 Å². The summed E-state index contributed by atoms with van der Waals surface area (Å²) in [4.78, 5) is 27.8. The number of rotatable bonds is 6. The summed E-state index contributed by atoms with van der Waals surface area (Å²) in [6, 6.07) is 5.78. The number of likely N-dealkylation sites (N-methyl/N-ethyl adjacent to an activating group) is 1. The van der Waals surface area contributed by atoms with Crippen molar-refractivity contribution in [2.45, 2.75) is 70.5 Å². The van der Waals surface area contributed by atoms with E-state index in [2.05, 4.69) is 24.1 Å². The van der Waals surface area contributed by atoms with Gasteiger partial charge in [-0.15, -0.1) is 0 Å². The summed E-state index contributed by atoms with van der Waals surface area (Å²) in [5, 5.41) is 13.1. The molecule has 4 atom stereocenters. The minimum absolute atomic E-state index is 0.204. The van der Waals surface area contributed by atoms with Crippen LogP contribution in [-0.4, -0.2) is 58.0 Å². The Hall–Kier alpha value is -1.96. The number of nitrogens with one attached hydrogen (secondary N) is 1. The number of aliphatic hydroxyl groups excluding tert-OH is 1. The quantitative estimate of drug-likeness (QED) is 0.721. The van der Waals surface area contributed by atoms with Crippen LogP contribution in [0.1, 0.15) is 56.9 Å². The van der Waals surface area contributed by atoms with E-state index in [9.17, 15) is 14.7 Å². The highest BCUT2D eigenvalue weighted by molar-refractivity contribution is 6.00. The van der Waals surface area contributed by atoms with Crippen molar-refractivity contribution in [3.63, 3.8) is 0 Å². The van der Waals surface area contributed by atoms with E-state index < -0.39 is 12.3 Å². The van der Waals surface area contributed by atoms with Gasteiger partial charge in [0.2, 0.25) is 11.8 Å². The first-order chi connectivity index (χ1) is 13.5. The second-order valence-electron chi connectivity index (χ2n) is 7.90. The summed E-state index contributed by atoms with van der Waals surface area (Å²) in [6.45, 7) is 6.89. The molecule has 2 N–H and O–H groups in total. The third-order valence-electron chi connectivity index (χ3n) is 6.42. The van der Waals surface area contributed by atoms with Gasteiger partial charge in [-0.1, -0.05) is 19.9 Å². The van der Waals surface area contributed by atoms with Gasteiger partial charge in [-0.2, -0.15) is 0 Å². The van der Waals surface area contributed by atoms with Crippen LogP contribution in [0.2, 0.25) is 0 Å². The molecule has 2 fully saturated rings. The summed E-state index contributed by atoms with van der Waals surface area (Å²) < 4.78 is 6.26. The minimum Gasteiger partial charge on any atom is -0.489 e. The molecule has 7 nitrogen and oxygen atoms in total. The normalized spacial score (nSPS) is 30.1. The number of hydrogen-bond acceptors (Lipinski definition) is 6. The molecular formula is C21H29N3O4. The molecule has 0 spiro atoms. The second-order valence-corrected chi connectivity index (χ2v) is 7.90. The fourth-order valence-corrected chi connectivity index (χ4v) is 4.66. The van der Waals surface area contributed by atoms with Gasteiger partial charge >= 0.3 is 0 Å². The van der Waals surface area contributed by atoms with Gasteiger partial charge in [0.25, 0.3) is 0 Å². The maximum atomic E-state index is 12.2. The van der Waals surface area contributed by atoms with Crippen molar-refractivity contribution in [3.8, 4) is 5.75 Å². The molecule has 0 aromatic heterocycles. The van der Waals surface area contributed by atoms with Gasteiger partial charge in [0.15, 0.2) is 0 Å². The predicted octanol–water partition coefficient (Wildman–Crippen LogP) is 1.55. The molecule has 0 radical (unpaired) electrons. The average Bonchev–Trinajstić information content (AvgIpc) is 2.99. The Morgan fingerprint density at radius 2 is 2.00 bits per heavy atom. The maximum absolute atomic E-state index is 12.2. The highest BCUT2D eigenvalue weighted by Gasteiger charge is 2.40. The molecule has 2 unspecified atom stereocenters. The van der Waals surface area contributed by atoms with E-state index in [1.165, 1.54) is 6.42 Å². The fourth-order valence-electron chi connectivity index (χ4n) is 4.66. The molecule has 3 aliphatic rings. The van der Waals surface area contributed by atoms with Crippen LogP contribution in [0.3, 0.4) is 0 Å². The number of hydrogen-bond donors (Lipinski definition) is 2. The number of aliphatic hydroxyl groups is 1. The predicted molar refractivity (Wildman–Crippen MR) is 103 cm³/mol. The van der Waals surface area contributed by atoms with Crippen LogP contribution in [0, 0.1) is 0 Å². The highest BCUT2D eigenvalue weighted by Crippen LogP contribution is 2.38. The third-order valence-corrected chi connectivity index (χ3v) is 6.42. The van der Waals surface area contributed by atoms with Crippen LogP contribution < -0.4 is 10.1 Å². The lowest BCUT2D eigenvalue weighted by molar-refractivity contribution is -0.141. The van der Waals surface area contributed by atoms with Crippen LogP contribution in [-0.2, 0) is 16.1 Å². The van der Waals surface area contributed by atoms with E-state index in [0.29, 0.717) is 25.4 Å². The average molecular weight is 387 g/mol. The van der Waals surface area contributed by atoms with E-state index in [-0.39, 0.29) is 17.9 Å². The molecule has 0 bridgehead atoms. The molecule has 2 aliphatic heterocycles. The third kappa shape index (κ3) is 3.43. The summed E-state index contributed by atoms with van der Waals surface area (Å²) in [5.74, 6) is 0.250. The van der Waals surface area contributed by atoms with Gasteiger partial charge in [0.05, 0.1) is 6.04 Å². The van der Waals surface area contributed by atoms with E-state index in [1.54, 1.807) is 4.90 Å². The van der Waals surface area contributed by atoms with Crippen molar-refractivity contribution >= 4 is 11.8 Å². The van der Waals surface area contributed by atoms with Crippen molar-refractivity contribution in [2.24, 2.45) is 0 Å². The van der Waals surface area contributed by atoms with Crippen molar-refractivity contribution in [2.75, 3.05) is 13.1 Å². The monoisotopic (exact) mass is 387 g/mol. The lowest BCUT2D eigenvalue weighted by Gasteiger charge is -2.43. The van der Waals surface area contributed by atoms with Crippen LogP contribution >= 0.6 is 0 Å². The largest absolute Gasteiger partial charge is 0.489 e. The minimum atomic E-state index is -0.833. The Kier molecular flexibility index (Phi) is 5.40. The number of ether oxygens (including phenoxy) is 1. The summed E-state index contributed by atoms with van der Waals surface area (Å²) in [6.07, 6.45) is 2.34. The summed E-state index contributed by atoms with van der Waals surface area (Å²) in [5.41, 5.74) is 1.79. The number of imide groups is 1. The van der Waals surface area contributed by atoms with E-state index in [0.717, 1.165) is 36.4 Å². The van der Waals surface area contributed by atoms with Crippen molar-refractivity contribution in [3.05, 3.63) is 29.3 Å². The zero-order valence-electron chi connectivity index (χ0n) is 16.6. The van der Waals surface area contributed by atoms with Gasteiger partial charge in [-0.05, 0) is 50.0 Å². The Bertz CT molecular complexity index is 764. The number of fused-ring (bicyclic) bond motifs is 1. The molecule has 2 amide bonds. The lowest BCUT2D eigenvalue weighted by atomic mass is 9.87. The lowest BCUT2D eigenvalue weighted by Crippen LogP contribution is -2.53. The van der Waals surface area contributed by atoms with E-state index >= 15 is 0 Å². The van der Waals surface area contributed by atoms with Gasteiger partial charge < -0.3 is 9.84 Å². The number of nitrogens with zero attached hydrogens (tertiary/aromatic N) is 2. The number of amides is 2. The van der Waals surface area contributed by atoms with E-state index in [4.69, 9.17) is 4.74 Å². The Labute approximate surface area is 165 Å². The molecule has 4 rings (SSSR count). The Morgan fingerprint density at radius 3 is 2.64 bits per heavy atom. The number of carbonyl (C=O) groups excluding carboxylic acids is 2. The van der Waals surface area contributed by atoms with Crippen molar-refractivity contribution < 1.29 is 19.4 Å². The standard InChI is InChI=1S/C21H29N3O4/c1-3-23(4-2)16-7-9-18(16)28-14-5-6-15-13(11-14)12-24(21(15)27)17-8-10-19(25)22-20(17)26/h5-6,11,16-18,21,27H,3-4,7-10,12H2,1-2H3,(H,22,25,26)/t16-,17?,18+,21?/m0/s1.